The number of unbranched alkanes of at least 4 members (excludes halogenated alkanes) is 6. The van der Waals surface area contributed by atoms with Crippen LogP contribution < -0.4 is 0 Å². The average molecular weight is 539 g/mol. The molecule has 0 aliphatic carbocycles. The fraction of sp³-hybridized carbons (Fsp3) is 1.00. The Bertz CT molecular complexity index is 593. The van der Waals surface area contributed by atoms with Gasteiger partial charge in [-0.15, -0.1) is 0 Å². The fourth-order valence-electron chi connectivity index (χ4n) is 4.94. The SMILES string of the molecule is CCCCCCCCC(CCCC)CO[C@H]1OC(CO)[C@@H](O[C@@H]2OC(CO)[C@@H](O)[C@H](O)C2O)[C@H](O)C1O. The summed E-state index contributed by atoms with van der Waals surface area (Å²) in [5.41, 5.74) is 0. The van der Waals surface area contributed by atoms with Crippen LogP contribution in [0.25, 0.3) is 0 Å². The molecule has 2 rings (SSSR count). The van der Waals surface area contributed by atoms with Gasteiger partial charge in [-0.1, -0.05) is 65.2 Å². The Morgan fingerprint density at radius 1 is 0.622 bits per heavy atom. The number of rotatable bonds is 17. The Labute approximate surface area is 220 Å². The summed E-state index contributed by atoms with van der Waals surface area (Å²) in [6.45, 7) is 3.45. The molecule has 0 amide bonds. The van der Waals surface area contributed by atoms with Crippen molar-refractivity contribution < 1.29 is 54.7 Å². The molecular formula is C26H50O11. The Balaban J connectivity index is 1.93. The van der Waals surface area contributed by atoms with Gasteiger partial charge >= 0.3 is 0 Å². The molecule has 7 N–H and O–H groups in total. The molecule has 5 unspecified atom stereocenters. The lowest BCUT2D eigenvalue weighted by atomic mass is 9.95. The van der Waals surface area contributed by atoms with Crippen LogP contribution in [0.1, 0.15) is 78.1 Å². The number of hydrogen-bond donors (Lipinski definition) is 7. The lowest BCUT2D eigenvalue weighted by molar-refractivity contribution is -0.360. The van der Waals surface area contributed by atoms with Gasteiger partial charge in [-0.05, 0) is 18.8 Å². The predicted molar refractivity (Wildman–Crippen MR) is 133 cm³/mol. The number of hydrogen-bond acceptors (Lipinski definition) is 11. The minimum Gasteiger partial charge on any atom is -0.394 e. The largest absolute Gasteiger partial charge is 0.394 e. The van der Waals surface area contributed by atoms with Crippen LogP contribution >= 0.6 is 0 Å². The number of aliphatic hydroxyl groups excluding tert-OH is 7. The van der Waals surface area contributed by atoms with Gasteiger partial charge in [0.2, 0.25) is 0 Å². The van der Waals surface area contributed by atoms with Gasteiger partial charge < -0.3 is 54.7 Å². The second-order valence-electron chi connectivity index (χ2n) is 10.4. The van der Waals surface area contributed by atoms with Crippen LogP contribution in [0.4, 0.5) is 0 Å². The van der Waals surface area contributed by atoms with Gasteiger partial charge in [0.25, 0.3) is 0 Å². The van der Waals surface area contributed by atoms with Crippen molar-refractivity contribution in [2.45, 2.75) is 139 Å². The summed E-state index contributed by atoms with van der Waals surface area (Å²) in [6.07, 6.45) is -3.04. The zero-order chi connectivity index (χ0) is 27.4. The van der Waals surface area contributed by atoms with E-state index in [1.54, 1.807) is 0 Å². The van der Waals surface area contributed by atoms with Gasteiger partial charge in [-0.2, -0.15) is 0 Å². The predicted octanol–water partition coefficient (Wildman–Crippen LogP) is 0.184. The normalized spacial score (nSPS) is 37.5. The fourth-order valence-corrected chi connectivity index (χ4v) is 4.94. The smallest absolute Gasteiger partial charge is 0.187 e. The van der Waals surface area contributed by atoms with E-state index in [0.29, 0.717) is 6.61 Å². The first kappa shape index (κ1) is 32.8. The molecule has 11 nitrogen and oxygen atoms in total. The first-order valence-electron chi connectivity index (χ1n) is 14.0. The van der Waals surface area contributed by atoms with Crippen molar-refractivity contribution in [2.75, 3.05) is 19.8 Å². The first-order valence-corrected chi connectivity index (χ1v) is 14.0. The minimum absolute atomic E-state index is 0.287. The van der Waals surface area contributed by atoms with E-state index in [-0.39, 0.29) is 5.92 Å². The van der Waals surface area contributed by atoms with Crippen LogP contribution in [0.2, 0.25) is 0 Å². The van der Waals surface area contributed by atoms with Gasteiger partial charge in [0, 0.05) is 0 Å². The second-order valence-corrected chi connectivity index (χ2v) is 10.4. The standard InChI is InChI=1S/C26H50O11/c1-3-5-7-8-9-10-12-16(11-6-4-2)15-34-25-23(33)21(31)24(18(14-28)36-25)37-26-22(32)20(30)19(29)17(13-27)35-26/h16-33H,3-15H2,1-2H3/t16?,17?,18?,19-,20+,21-,22?,23?,24-,25+,26+/m1/s1. The maximum atomic E-state index is 10.8. The molecule has 2 aliphatic rings. The highest BCUT2D eigenvalue weighted by molar-refractivity contribution is 4.94. The van der Waals surface area contributed by atoms with Gasteiger partial charge in [-0.3, -0.25) is 0 Å². The molecule has 0 aromatic heterocycles. The Kier molecular flexibility index (Phi) is 15.3. The van der Waals surface area contributed by atoms with Gasteiger partial charge in [0.1, 0.15) is 48.8 Å². The van der Waals surface area contributed by atoms with E-state index in [0.717, 1.165) is 32.1 Å². The third-order valence-electron chi connectivity index (χ3n) is 7.39. The molecule has 0 spiro atoms. The Morgan fingerprint density at radius 2 is 1.19 bits per heavy atom. The van der Waals surface area contributed by atoms with E-state index in [1.165, 1.54) is 32.1 Å². The molecule has 2 aliphatic heterocycles. The third-order valence-corrected chi connectivity index (χ3v) is 7.39. The van der Waals surface area contributed by atoms with Crippen LogP contribution in [0, 0.1) is 5.92 Å². The molecule has 2 fully saturated rings. The van der Waals surface area contributed by atoms with Gasteiger partial charge in [0.05, 0.1) is 19.8 Å². The zero-order valence-corrected chi connectivity index (χ0v) is 22.3. The lowest BCUT2D eigenvalue weighted by Gasteiger charge is -2.46. The van der Waals surface area contributed by atoms with Crippen molar-refractivity contribution in [1.82, 2.24) is 0 Å². The maximum absolute atomic E-state index is 10.8. The molecule has 11 atom stereocenters. The average Bonchev–Trinajstić information content (AvgIpc) is 2.90. The molecule has 2 heterocycles. The lowest BCUT2D eigenvalue weighted by Crippen LogP contribution is -2.64. The van der Waals surface area contributed by atoms with E-state index in [1.807, 2.05) is 0 Å². The summed E-state index contributed by atoms with van der Waals surface area (Å²) in [5, 5.41) is 70.9. The summed E-state index contributed by atoms with van der Waals surface area (Å²) < 4.78 is 22.5. The molecule has 2 saturated heterocycles. The highest BCUT2D eigenvalue weighted by atomic mass is 16.7. The molecule has 220 valence electrons. The first-order chi connectivity index (χ1) is 17.8. The molecule has 0 aromatic carbocycles. The number of aliphatic hydroxyl groups is 7. The molecule has 0 aromatic rings. The Morgan fingerprint density at radius 3 is 1.84 bits per heavy atom. The highest BCUT2D eigenvalue weighted by Gasteiger charge is 2.50. The van der Waals surface area contributed by atoms with Crippen LogP contribution in [-0.2, 0) is 18.9 Å². The molecule has 37 heavy (non-hydrogen) atoms. The summed E-state index contributed by atoms with van der Waals surface area (Å²) in [4.78, 5) is 0. The topological polar surface area (TPSA) is 179 Å². The van der Waals surface area contributed by atoms with Crippen LogP contribution in [-0.4, -0.2) is 117 Å². The van der Waals surface area contributed by atoms with Crippen molar-refractivity contribution in [3.05, 3.63) is 0 Å². The van der Waals surface area contributed by atoms with Crippen molar-refractivity contribution >= 4 is 0 Å². The quantitative estimate of drug-likeness (QED) is 0.126. The maximum Gasteiger partial charge on any atom is 0.187 e. The van der Waals surface area contributed by atoms with E-state index in [2.05, 4.69) is 13.8 Å². The summed E-state index contributed by atoms with van der Waals surface area (Å²) in [6, 6.07) is 0. The van der Waals surface area contributed by atoms with E-state index in [4.69, 9.17) is 18.9 Å². The van der Waals surface area contributed by atoms with Crippen molar-refractivity contribution in [3.8, 4) is 0 Å². The molecule has 11 heteroatoms. The summed E-state index contributed by atoms with van der Waals surface area (Å²) >= 11 is 0. The molecule has 0 bridgehead atoms. The van der Waals surface area contributed by atoms with Crippen LogP contribution in [0.15, 0.2) is 0 Å². The van der Waals surface area contributed by atoms with Crippen molar-refractivity contribution in [1.29, 1.82) is 0 Å². The molecule has 0 saturated carbocycles. The summed E-state index contributed by atoms with van der Waals surface area (Å²) in [7, 11) is 0. The van der Waals surface area contributed by atoms with Gasteiger partial charge in [0.15, 0.2) is 12.6 Å². The zero-order valence-electron chi connectivity index (χ0n) is 22.3. The van der Waals surface area contributed by atoms with Crippen LogP contribution in [0.5, 0.6) is 0 Å². The van der Waals surface area contributed by atoms with E-state index < -0.39 is 74.6 Å². The van der Waals surface area contributed by atoms with Gasteiger partial charge in [-0.25, -0.2) is 0 Å². The van der Waals surface area contributed by atoms with E-state index in [9.17, 15) is 35.7 Å². The van der Waals surface area contributed by atoms with E-state index >= 15 is 0 Å². The monoisotopic (exact) mass is 538 g/mol. The highest BCUT2D eigenvalue weighted by Crippen LogP contribution is 2.30. The minimum atomic E-state index is -1.70. The second kappa shape index (κ2) is 17.3. The van der Waals surface area contributed by atoms with Crippen molar-refractivity contribution in [2.24, 2.45) is 5.92 Å². The molecular weight excluding hydrogens is 488 g/mol. The van der Waals surface area contributed by atoms with Crippen molar-refractivity contribution in [3.63, 3.8) is 0 Å². The summed E-state index contributed by atoms with van der Waals surface area (Å²) in [5.74, 6) is 0.287. The van der Waals surface area contributed by atoms with Crippen LogP contribution in [0.3, 0.4) is 0 Å². The Hall–Kier alpha value is -0.440. The number of ether oxygens (including phenoxy) is 4. The molecule has 0 radical (unpaired) electrons. The third kappa shape index (κ3) is 9.61.